The van der Waals surface area contributed by atoms with E-state index in [4.69, 9.17) is 18.9 Å². The van der Waals surface area contributed by atoms with Gasteiger partial charge in [0.1, 0.15) is 12.2 Å². The lowest BCUT2D eigenvalue weighted by molar-refractivity contribution is -0.0277. The van der Waals surface area contributed by atoms with Crippen molar-refractivity contribution in [1.82, 2.24) is 0 Å². The van der Waals surface area contributed by atoms with Crippen molar-refractivity contribution in [3.05, 3.63) is 0 Å². The monoisotopic (exact) mass is 344 g/mol. The molecule has 0 unspecified atom stereocenters. The van der Waals surface area contributed by atoms with Crippen LogP contribution in [0.25, 0.3) is 0 Å². The normalized spacial score (nSPS) is 20.8. The van der Waals surface area contributed by atoms with Gasteiger partial charge in [-0.05, 0) is 50.4 Å². The van der Waals surface area contributed by atoms with Crippen molar-refractivity contribution in [3.8, 4) is 0 Å². The third-order valence-corrected chi connectivity index (χ3v) is 3.98. The van der Waals surface area contributed by atoms with Crippen molar-refractivity contribution in [3.63, 3.8) is 0 Å². The Morgan fingerprint density at radius 3 is 1.38 bits per heavy atom. The molecule has 0 atom stereocenters. The van der Waals surface area contributed by atoms with Crippen molar-refractivity contribution < 1.29 is 28.5 Å². The Balaban J connectivity index is 2.12. The van der Waals surface area contributed by atoms with E-state index in [9.17, 15) is 9.59 Å². The molecule has 1 fully saturated rings. The highest BCUT2D eigenvalue weighted by atomic mass is 16.7. The van der Waals surface area contributed by atoms with Crippen LogP contribution < -0.4 is 0 Å². The summed E-state index contributed by atoms with van der Waals surface area (Å²) in [5.74, 6) is 0.983. The van der Waals surface area contributed by atoms with Gasteiger partial charge in [0.05, 0.1) is 13.2 Å². The van der Waals surface area contributed by atoms with Crippen LogP contribution in [0.5, 0.6) is 0 Å². The molecule has 1 saturated carbocycles. The molecule has 0 radical (unpaired) electrons. The van der Waals surface area contributed by atoms with E-state index in [1.54, 1.807) is 0 Å². The third kappa shape index (κ3) is 9.63. The second-order valence-corrected chi connectivity index (χ2v) is 7.20. The lowest BCUT2D eigenvalue weighted by Gasteiger charge is -2.27. The van der Waals surface area contributed by atoms with Gasteiger partial charge in [-0.3, -0.25) is 0 Å². The maximum atomic E-state index is 11.6. The van der Waals surface area contributed by atoms with Gasteiger partial charge in [0.25, 0.3) is 0 Å². The molecule has 0 heterocycles. The Morgan fingerprint density at radius 1 is 0.750 bits per heavy atom. The van der Waals surface area contributed by atoms with Crippen LogP contribution in [0.1, 0.15) is 66.2 Å². The Kier molecular flexibility index (Phi) is 9.57. The first-order valence-corrected chi connectivity index (χ1v) is 9.03. The van der Waals surface area contributed by atoms with Crippen LogP contribution in [0.3, 0.4) is 0 Å². The average Bonchev–Trinajstić information content (AvgIpc) is 2.48. The van der Waals surface area contributed by atoms with Crippen LogP contribution in [-0.2, 0) is 18.9 Å². The van der Waals surface area contributed by atoms with E-state index in [-0.39, 0.29) is 12.2 Å². The van der Waals surface area contributed by atoms with E-state index in [0.29, 0.717) is 50.7 Å². The Bertz CT molecular complexity index is 336. The topological polar surface area (TPSA) is 71.1 Å². The Hall–Kier alpha value is -1.46. The fourth-order valence-corrected chi connectivity index (χ4v) is 2.36. The molecular weight excluding hydrogens is 312 g/mol. The van der Waals surface area contributed by atoms with Crippen molar-refractivity contribution >= 4 is 12.3 Å². The second kappa shape index (κ2) is 11.2. The smallest absolute Gasteiger partial charge is 0.434 e. The molecule has 0 aromatic heterocycles. The number of carbonyl (C=O) groups excluding carboxylic acids is 2. The molecule has 24 heavy (non-hydrogen) atoms. The quantitative estimate of drug-likeness (QED) is 0.595. The zero-order valence-corrected chi connectivity index (χ0v) is 15.4. The number of hydrogen-bond acceptors (Lipinski definition) is 6. The van der Waals surface area contributed by atoms with Crippen molar-refractivity contribution in [2.45, 2.75) is 78.4 Å². The summed E-state index contributed by atoms with van der Waals surface area (Å²) in [7, 11) is 0. The van der Waals surface area contributed by atoms with Gasteiger partial charge >= 0.3 is 12.3 Å². The molecule has 0 N–H and O–H groups in total. The molecule has 1 aliphatic carbocycles. The lowest BCUT2D eigenvalue weighted by Crippen LogP contribution is -2.30. The standard InChI is InChI=1S/C18H32O6/c1-13(2)9-11-21-17(19)23-15-5-7-16(8-6-15)24-18(20)22-12-10-14(3)4/h13-16H,5-12H2,1-4H3. The highest BCUT2D eigenvalue weighted by Gasteiger charge is 2.27. The Labute approximate surface area is 145 Å². The summed E-state index contributed by atoms with van der Waals surface area (Å²) >= 11 is 0. The summed E-state index contributed by atoms with van der Waals surface area (Å²) in [6.07, 6.45) is 2.81. The molecule has 0 aliphatic heterocycles. The minimum Gasteiger partial charge on any atom is -0.434 e. The molecule has 6 nitrogen and oxygen atoms in total. The van der Waals surface area contributed by atoms with Gasteiger partial charge < -0.3 is 18.9 Å². The van der Waals surface area contributed by atoms with Gasteiger partial charge in [0.15, 0.2) is 0 Å². The van der Waals surface area contributed by atoms with Gasteiger partial charge in [0.2, 0.25) is 0 Å². The fourth-order valence-electron chi connectivity index (χ4n) is 2.36. The second-order valence-electron chi connectivity index (χ2n) is 7.20. The number of carbonyl (C=O) groups is 2. The highest BCUT2D eigenvalue weighted by molar-refractivity contribution is 5.60. The van der Waals surface area contributed by atoms with E-state index in [2.05, 4.69) is 27.7 Å². The maximum absolute atomic E-state index is 11.6. The molecule has 0 aromatic rings. The van der Waals surface area contributed by atoms with E-state index < -0.39 is 12.3 Å². The first-order chi connectivity index (χ1) is 11.4. The Morgan fingerprint density at radius 2 is 1.08 bits per heavy atom. The van der Waals surface area contributed by atoms with Crippen LogP contribution >= 0.6 is 0 Å². The van der Waals surface area contributed by atoms with Crippen LogP contribution in [-0.4, -0.2) is 37.7 Å². The average molecular weight is 344 g/mol. The maximum Gasteiger partial charge on any atom is 0.508 e. The zero-order valence-electron chi connectivity index (χ0n) is 15.4. The lowest BCUT2D eigenvalue weighted by atomic mass is 9.95. The summed E-state index contributed by atoms with van der Waals surface area (Å²) in [5, 5.41) is 0. The number of ether oxygens (including phenoxy) is 4. The summed E-state index contributed by atoms with van der Waals surface area (Å²) in [5.41, 5.74) is 0. The number of rotatable bonds is 8. The highest BCUT2D eigenvalue weighted by Crippen LogP contribution is 2.24. The minimum absolute atomic E-state index is 0.159. The van der Waals surface area contributed by atoms with Crippen molar-refractivity contribution in [2.24, 2.45) is 11.8 Å². The van der Waals surface area contributed by atoms with E-state index >= 15 is 0 Å². The molecular formula is C18H32O6. The van der Waals surface area contributed by atoms with E-state index in [1.807, 2.05) is 0 Å². The molecule has 1 aliphatic rings. The van der Waals surface area contributed by atoms with Crippen LogP contribution in [0.4, 0.5) is 9.59 Å². The predicted molar refractivity (Wildman–Crippen MR) is 89.8 cm³/mol. The molecule has 140 valence electrons. The molecule has 0 aromatic carbocycles. The first kappa shape index (κ1) is 20.6. The third-order valence-electron chi connectivity index (χ3n) is 3.98. The molecule has 6 heteroatoms. The SMILES string of the molecule is CC(C)CCOC(=O)OC1CCC(OC(=O)OCCC(C)C)CC1. The summed E-state index contributed by atoms with van der Waals surface area (Å²) in [6.45, 7) is 9.07. The van der Waals surface area contributed by atoms with Gasteiger partial charge in [-0.2, -0.15) is 0 Å². The van der Waals surface area contributed by atoms with Crippen molar-refractivity contribution in [2.75, 3.05) is 13.2 Å². The minimum atomic E-state index is -0.604. The van der Waals surface area contributed by atoms with E-state index in [1.165, 1.54) is 0 Å². The fraction of sp³-hybridized carbons (Fsp3) is 0.889. The van der Waals surface area contributed by atoms with Gasteiger partial charge in [0, 0.05) is 0 Å². The zero-order chi connectivity index (χ0) is 17.9. The number of hydrogen-bond donors (Lipinski definition) is 0. The van der Waals surface area contributed by atoms with Gasteiger partial charge in [-0.1, -0.05) is 27.7 Å². The van der Waals surface area contributed by atoms with E-state index in [0.717, 1.165) is 12.8 Å². The largest absolute Gasteiger partial charge is 0.508 e. The van der Waals surface area contributed by atoms with Crippen molar-refractivity contribution in [1.29, 1.82) is 0 Å². The predicted octanol–water partition coefficient (Wildman–Crippen LogP) is 4.70. The van der Waals surface area contributed by atoms with Gasteiger partial charge in [-0.25, -0.2) is 9.59 Å². The molecule has 0 bridgehead atoms. The van der Waals surface area contributed by atoms with Gasteiger partial charge in [-0.15, -0.1) is 0 Å². The summed E-state index contributed by atoms with van der Waals surface area (Å²) < 4.78 is 20.7. The molecule has 1 rings (SSSR count). The van der Waals surface area contributed by atoms with Crippen LogP contribution in [0.15, 0.2) is 0 Å². The van der Waals surface area contributed by atoms with Crippen LogP contribution in [0, 0.1) is 11.8 Å². The molecule has 0 amide bonds. The molecule has 0 spiro atoms. The summed E-state index contributed by atoms with van der Waals surface area (Å²) in [6, 6.07) is 0. The molecule has 0 saturated heterocycles. The van der Waals surface area contributed by atoms with Crippen LogP contribution in [0.2, 0.25) is 0 Å². The first-order valence-electron chi connectivity index (χ1n) is 9.03. The summed E-state index contributed by atoms with van der Waals surface area (Å²) in [4.78, 5) is 23.2.